The third-order valence-electron chi connectivity index (χ3n) is 4.93. The summed E-state index contributed by atoms with van der Waals surface area (Å²) in [6.45, 7) is 0.140. The van der Waals surface area contributed by atoms with Gasteiger partial charge in [-0.2, -0.15) is 13.2 Å². The molecule has 0 amide bonds. The molecule has 1 aliphatic heterocycles. The van der Waals surface area contributed by atoms with E-state index in [1.165, 1.54) is 12.1 Å². The molecule has 0 spiro atoms. The van der Waals surface area contributed by atoms with Gasteiger partial charge in [-0.05, 0) is 30.3 Å². The first-order valence-corrected chi connectivity index (χ1v) is 9.27. The molecule has 0 aliphatic carbocycles. The van der Waals surface area contributed by atoms with Gasteiger partial charge < -0.3 is 9.84 Å². The summed E-state index contributed by atoms with van der Waals surface area (Å²) in [4.78, 5) is 4.45. The first kappa shape index (κ1) is 19.7. The average Bonchev–Trinajstić information content (AvgIpc) is 2.85. The number of fused-ring (bicyclic) bond motifs is 1. The molecule has 3 aromatic rings. The molecule has 1 aromatic heterocycles. The van der Waals surface area contributed by atoms with Crippen LogP contribution < -0.4 is 9.22 Å². The van der Waals surface area contributed by atoms with Crippen LogP contribution in [0.2, 0.25) is 5.02 Å². The van der Waals surface area contributed by atoms with E-state index >= 15 is 0 Å². The minimum Gasteiger partial charge on any atom is -0.484 e. The van der Waals surface area contributed by atoms with Crippen molar-refractivity contribution in [1.82, 2.24) is 9.47 Å². The van der Waals surface area contributed by atoms with Crippen molar-refractivity contribution in [3.05, 3.63) is 77.4 Å². The normalized spacial score (nSPS) is 21.8. The van der Waals surface area contributed by atoms with E-state index in [9.17, 15) is 18.3 Å². The zero-order chi connectivity index (χ0) is 20.6. The fourth-order valence-electron chi connectivity index (χ4n) is 3.68. The Morgan fingerprint density at radius 2 is 1.76 bits per heavy atom. The number of rotatable bonds is 2. The van der Waals surface area contributed by atoms with Gasteiger partial charge in [0.15, 0.2) is 11.4 Å². The van der Waals surface area contributed by atoms with Gasteiger partial charge in [0.1, 0.15) is 30.0 Å². The highest BCUT2D eigenvalue weighted by Crippen LogP contribution is 2.50. The van der Waals surface area contributed by atoms with E-state index in [4.69, 9.17) is 16.3 Å². The number of ether oxygens (including phenoxy) is 1. The van der Waals surface area contributed by atoms with Gasteiger partial charge in [-0.25, -0.2) is 9.47 Å². The van der Waals surface area contributed by atoms with Gasteiger partial charge in [-0.15, -0.1) is 0 Å². The Balaban J connectivity index is 2.03. The number of benzene rings is 2. The largest absolute Gasteiger partial charge is 0.484 e. The summed E-state index contributed by atoms with van der Waals surface area (Å²) in [7, 11) is 0. The van der Waals surface area contributed by atoms with Crippen molar-refractivity contribution in [1.29, 1.82) is 0 Å². The van der Waals surface area contributed by atoms with Crippen molar-refractivity contribution >= 4 is 28.8 Å². The molecule has 2 heterocycles. The molecular formula is C21H17ClF3N2O2+. The number of aromatic nitrogens is 1. The number of nitrogens with zero attached hydrogens (tertiary/aromatic N) is 2. The second kappa shape index (κ2) is 7.33. The van der Waals surface area contributed by atoms with Crippen molar-refractivity contribution in [2.24, 2.45) is 0 Å². The van der Waals surface area contributed by atoms with Crippen molar-refractivity contribution in [3.8, 4) is 5.75 Å². The lowest BCUT2D eigenvalue weighted by Gasteiger charge is -2.36. The Hall–Kier alpha value is -2.61. The Labute approximate surface area is 170 Å². The van der Waals surface area contributed by atoms with E-state index in [2.05, 4.69) is 4.98 Å². The monoisotopic (exact) mass is 421 g/mol. The number of halogens is 4. The minimum atomic E-state index is -4.45. The number of para-hydroxylation sites is 2. The second-order valence-electron chi connectivity index (χ2n) is 6.78. The van der Waals surface area contributed by atoms with E-state index in [-0.39, 0.29) is 17.6 Å². The highest BCUT2D eigenvalue weighted by Gasteiger charge is 2.46. The first-order valence-electron chi connectivity index (χ1n) is 8.90. The lowest BCUT2D eigenvalue weighted by Crippen LogP contribution is -2.45. The fraction of sp³-hybridized carbons (Fsp3) is 0.190. The van der Waals surface area contributed by atoms with Crippen LogP contribution in [0.25, 0.3) is 0 Å². The molecular weight excluding hydrogens is 405 g/mol. The summed E-state index contributed by atoms with van der Waals surface area (Å²) in [6.07, 6.45) is -3.79. The predicted molar refractivity (Wildman–Crippen MR) is 105 cm³/mol. The SMILES string of the molecule is O[C@H]1COc2ccccc2[N+](c2ccc(C(F)(F)F)cc2)(c2ncccc2Cl)C1. The second-order valence-corrected chi connectivity index (χ2v) is 7.19. The van der Waals surface area contributed by atoms with Gasteiger partial charge in [0.05, 0.1) is 5.56 Å². The van der Waals surface area contributed by atoms with Crippen LogP contribution in [0, 0.1) is 0 Å². The maximum atomic E-state index is 13.1. The number of pyridine rings is 1. The summed E-state index contributed by atoms with van der Waals surface area (Å²) in [6, 6.07) is 15.3. The molecule has 4 rings (SSSR count). The maximum Gasteiger partial charge on any atom is 0.416 e. The number of quaternary nitrogens is 1. The lowest BCUT2D eigenvalue weighted by atomic mass is 10.1. The summed E-state index contributed by atoms with van der Waals surface area (Å²) in [5, 5.41) is 10.9. The zero-order valence-electron chi connectivity index (χ0n) is 15.1. The molecule has 0 saturated heterocycles. The quantitative estimate of drug-likeness (QED) is 0.557. The highest BCUT2D eigenvalue weighted by atomic mass is 35.5. The number of alkyl halides is 3. The zero-order valence-corrected chi connectivity index (χ0v) is 15.9. The first-order chi connectivity index (χ1) is 13.8. The van der Waals surface area contributed by atoms with Crippen LogP contribution in [-0.4, -0.2) is 29.3 Å². The van der Waals surface area contributed by atoms with E-state index in [1.54, 1.807) is 42.6 Å². The number of aliphatic hydroxyl groups is 1. The van der Waals surface area contributed by atoms with Crippen molar-refractivity contribution < 1.29 is 23.0 Å². The van der Waals surface area contributed by atoms with Crippen LogP contribution in [-0.2, 0) is 6.18 Å². The lowest BCUT2D eigenvalue weighted by molar-refractivity contribution is -0.137. The summed E-state index contributed by atoms with van der Waals surface area (Å²) in [5.41, 5.74) is 0.353. The molecule has 0 radical (unpaired) electrons. The standard InChI is InChI=1S/C21H17ClF3N2O2/c22-17-4-3-11-26-20(17)27(15-9-7-14(8-10-15)21(23,24)25)12-16(28)13-29-19-6-2-1-5-18(19)27/h1-11,16,28H,12-13H2/q+1/t16-,27?/m1/s1. The molecule has 0 saturated carbocycles. The molecule has 0 bridgehead atoms. The molecule has 8 heteroatoms. The van der Waals surface area contributed by atoms with Crippen LogP contribution in [0.5, 0.6) is 5.75 Å². The fourth-order valence-corrected chi connectivity index (χ4v) is 3.94. The highest BCUT2D eigenvalue weighted by molar-refractivity contribution is 6.33. The van der Waals surface area contributed by atoms with Gasteiger partial charge in [-0.1, -0.05) is 23.7 Å². The third-order valence-corrected chi connectivity index (χ3v) is 5.22. The summed E-state index contributed by atoms with van der Waals surface area (Å²) < 4.78 is 44.9. The number of hydrogen-bond acceptors (Lipinski definition) is 3. The van der Waals surface area contributed by atoms with Crippen molar-refractivity contribution in [2.75, 3.05) is 13.2 Å². The Bertz CT molecular complexity index is 1030. The molecule has 1 unspecified atom stereocenters. The maximum absolute atomic E-state index is 13.1. The van der Waals surface area contributed by atoms with E-state index in [0.717, 1.165) is 12.1 Å². The molecule has 1 N–H and O–H groups in total. The van der Waals surface area contributed by atoms with Crippen LogP contribution in [0.15, 0.2) is 66.9 Å². The molecule has 29 heavy (non-hydrogen) atoms. The third kappa shape index (κ3) is 3.46. The number of hydrogen-bond donors (Lipinski definition) is 1. The van der Waals surface area contributed by atoms with E-state index in [1.807, 2.05) is 0 Å². The molecule has 0 fully saturated rings. The van der Waals surface area contributed by atoms with Crippen molar-refractivity contribution in [2.45, 2.75) is 12.3 Å². The van der Waals surface area contributed by atoms with Gasteiger partial charge in [-0.3, -0.25) is 0 Å². The summed E-state index contributed by atoms with van der Waals surface area (Å²) in [5.74, 6) is 0.900. The Morgan fingerprint density at radius 1 is 1.03 bits per heavy atom. The van der Waals surface area contributed by atoms with E-state index in [0.29, 0.717) is 28.0 Å². The number of aliphatic hydroxyl groups excluding tert-OH is 1. The molecule has 4 nitrogen and oxygen atoms in total. The molecule has 150 valence electrons. The van der Waals surface area contributed by atoms with Gasteiger partial charge in [0.2, 0.25) is 0 Å². The Morgan fingerprint density at radius 3 is 2.45 bits per heavy atom. The smallest absolute Gasteiger partial charge is 0.416 e. The van der Waals surface area contributed by atoms with Gasteiger partial charge in [0, 0.05) is 24.4 Å². The predicted octanol–water partition coefficient (Wildman–Crippen LogP) is 5.48. The van der Waals surface area contributed by atoms with Crippen LogP contribution in [0.1, 0.15) is 5.56 Å². The molecule has 1 aliphatic rings. The minimum absolute atomic E-state index is 0.0438. The summed E-state index contributed by atoms with van der Waals surface area (Å²) >= 11 is 6.49. The van der Waals surface area contributed by atoms with Crippen LogP contribution in [0.3, 0.4) is 0 Å². The average molecular weight is 422 g/mol. The van der Waals surface area contributed by atoms with Crippen LogP contribution >= 0.6 is 11.6 Å². The van der Waals surface area contributed by atoms with E-state index < -0.39 is 17.8 Å². The van der Waals surface area contributed by atoms with Gasteiger partial charge >= 0.3 is 6.18 Å². The van der Waals surface area contributed by atoms with Crippen LogP contribution in [0.4, 0.5) is 30.4 Å². The van der Waals surface area contributed by atoms with Crippen molar-refractivity contribution in [3.63, 3.8) is 0 Å². The molecule has 2 aromatic carbocycles. The Kier molecular flexibility index (Phi) is 4.98. The topological polar surface area (TPSA) is 42.4 Å². The molecule has 2 atom stereocenters. The van der Waals surface area contributed by atoms with Gasteiger partial charge in [0.25, 0.3) is 5.82 Å².